The molecule has 1 N–H and O–H groups in total. The summed E-state index contributed by atoms with van der Waals surface area (Å²) < 4.78 is 74.3. The van der Waals surface area contributed by atoms with Crippen molar-refractivity contribution in [3.63, 3.8) is 0 Å². The highest BCUT2D eigenvalue weighted by Crippen LogP contribution is 2.37. The Hall–Kier alpha value is -1.89. The number of anilines is 1. The van der Waals surface area contributed by atoms with Crippen molar-refractivity contribution in [2.24, 2.45) is 13.0 Å². The lowest BCUT2D eigenvalue weighted by molar-refractivity contribution is -0.137. The minimum absolute atomic E-state index is 0.0261. The van der Waals surface area contributed by atoms with E-state index in [0.29, 0.717) is 6.61 Å². The van der Waals surface area contributed by atoms with E-state index in [1.807, 2.05) is 0 Å². The maximum atomic E-state index is 13.2. The Morgan fingerprint density at radius 3 is 2.68 bits per heavy atom. The summed E-state index contributed by atoms with van der Waals surface area (Å²) in [5.41, 5.74) is -1.00. The zero-order chi connectivity index (χ0) is 22.4. The van der Waals surface area contributed by atoms with E-state index in [-0.39, 0.29) is 36.0 Å². The third-order valence-electron chi connectivity index (χ3n) is 5.55. The molecule has 2 fully saturated rings. The Balaban J connectivity index is 1.61. The van der Waals surface area contributed by atoms with E-state index in [0.717, 1.165) is 25.1 Å². The first kappa shape index (κ1) is 22.3. The maximum Gasteiger partial charge on any atom is 0.418 e. The predicted octanol–water partition coefficient (Wildman–Crippen LogP) is 2.77. The summed E-state index contributed by atoms with van der Waals surface area (Å²) in [4.78, 5) is 7.90. The van der Waals surface area contributed by atoms with E-state index in [9.17, 15) is 21.6 Å². The van der Waals surface area contributed by atoms with Crippen LogP contribution in [0, 0.1) is 5.92 Å². The zero-order valence-corrected chi connectivity index (χ0v) is 18.1. The summed E-state index contributed by atoms with van der Waals surface area (Å²) >= 11 is 5.66. The molecule has 2 aliphatic rings. The lowest BCUT2D eigenvalue weighted by Crippen LogP contribution is -2.36. The summed E-state index contributed by atoms with van der Waals surface area (Å²) in [5.74, 6) is -0.283. The molecule has 2 saturated heterocycles. The number of aromatic nitrogens is 3. The highest BCUT2D eigenvalue weighted by Gasteiger charge is 2.45. The van der Waals surface area contributed by atoms with Crippen molar-refractivity contribution in [1.29, 1.82) is 0 Å². The minimum atomic E-state index is -4.63. The number of nitrogens with one attached hydrogen (secondary N) is 1. The van der Waals surface area contributed by atoms with Gasteiger partial charge in [0.25, 0.3) is 10.0 Å². The normalized spacial score (nSPS) is 25.3. The third-order valence-corrected chi connectivity index (χ3v) is 7.57. The molecule has 2 aliphatic heterocycles. The van der Waals surface area contributed by atoms with Gasteiger partial charge < -0.3 is 14.6 Å². The number of nitrogens with zero attached hydrogens (tertiary/aromatic N) is 4. The fourth-order valence-electron chi connectivity index (χ4n) is 4.04. The Morgan fingerprint density at radius 1 is 1.29 bits per heavy atom. The van der Waals surface area contributed by atoms with Crippen LogP contribution in [0.2, 0.25) is 5.02 Å². The summed E-state index contributed by atoms with van der Waals surface area (Å²) in [5, 5.41) is 2.41. The standard InChI is InChI=1S/C18H21ClF3N5O3S/c1-26-9-17(24-10-26)31(28,29)27-7-11(15-3-2-4-30-15)14(8-27)25-16-5-12(18(20,21)22)13(19)6-23-16/h5-6,9-11,14-15H,2-4,7-8H2,1H3,(H,23,25). The molecule has 31 heavy (non-hydrogen) atoms. The third kappa shape index (κ3) is 4.52. The number of pyridine rings is 1. The minimum Gasteiger partial charge on any atom is -0.378 e. The Labute approximate surface area is 182 Å². The zero-order valence-electron chi connectivity index (χ0n) is 16.5. The average Bonchev–Trinajstić information content (AvgIpc) is 3.42. The fourth-order valence-corrected chi connectivity index (χ4v) is 5.72. The van der Waals surface area contributed by atoms with E-state index < -0.39 is 32.8 Å². The average molecular weight is 480 g/mol. The highest BCUT2D eigenvalue weighted by molar-refractivity contribution is 7.89. The number of sulfonamides is 1. The van der Waals surface area contributed by atoms with Crippen LogP contribution >= 0.6 is 11.6 Å². The molecule has 8 nitrogen and oxygen atoms in total. The number of imidazole rings is 1. The van der Waals surface area contributed by atoms with Gasteiger partial charge in [0.05, 0.1) is 23.0 Å². The van der Waals surface area contributed by atoms with E-state index in [2.05, 4.69) is 15.3 Å². The molecule has 0 amide bonds. The van der Waals surface area contributed by atoms with Crippen molar-refractivity contribution in [3.8, 4) is 0 Å². The summed E-state index contributed by atoms with van der Waals surface area (Å²) in [6.45, 7) is 0.786. The van der Waals surface area contributed by atoms with Gasteiger partial charge in [0.2, 0.25) is 0 Å². The van der Waals surface area contributed by atoms with Crippen molar-refractivity contribution >= 4 is 27.4 Å². The second-order valence-corrected chi connectivity index (χ2v) is 10.0. The van der Waals surface area contributed by atoms with Crippen molar-refractivity contribution in [2.75, 3.05) is 25.0 Å². The van der Waals surface area contributed by atoms with Crippen LogP contribution < -0.4 is 5.32 Å². The molecular formula is C18H21ClF3N5O3S. The Kier molecular flexibility index (Phi) is 5.92. The topological polar surface area (TPSA) is 89.4 Å². The number of hydrogen-bond donors (Lipinski definition) is 1. The van der Waals surface area contributed by atoms with Gasteiger partial charge in [-0.15, -0.1) is 0 Å². The quantitative estimate of drug-likeness (QED) is 0.709. The van der Waals surface area contributed by atoms with Crippen molar-refractivity contribution in [2.45, 2.75) is 36.2 Å². The van der Waals surface area contributed by atoms with Gasteiger partial charge in [-0.2, -0.15) is 17.5 Å². The molecule has 3 atom stereocenters. The lowest BCUT2D eigenvalue weighted by Gasteiger charge is -2.25. The molecule has 4 rings (SSSR count). The van der Waals surface area contributed by atoms with E-state index >= 15 is 0 Å². The van der Waals surface area contributed by atoms with E-state index in [1.54, 1.807) is 7.05 Å². The number of rotatable bonds is 5. The van der Waals surface area contributed by atoms with Crippen LogP contribution in [0.15, 0.2) is 29.8 Å². The monoisotopic (exact) mass is 479 g/mol. The summed E-state index contributed by atoms with van der Waals surface area (Å²) in [7, 11) is -2.19. The lowest BCUT2D eigenvalue weighted by atomic mass is 9.95. The van der Waals surface area contributed by atoms with Crippen LogP contribution in [0.4, 0.5) is 19.0 Å². The molecule has 4 heterocycles. The van der Waals surface area contributed by atoms with Crippen LogP contribution in [-0.4, -0.2) is 59.1 Å². The molecule has 0 radical (unpaired) electrons. The summed E-state index contributed by atoms with van der Waals surface area (Å²) in [6.07, 6.45) is 0.510. The number of ether oxygens (including phenoxy) is 1. The molecule has 0 bridgehead atoms. The van der Waals surface area contributed by atoms with Crippen molar-refractivity contribution < 1.29 is 26.3 Å². The second-order valence-electron chi connectivity index (χ2n) is 7.71. The molecule has 2 aromatic rings. The van der Waals surface area contributed by atoms with Crippen LogP contribution in [-0.2, 0) is 28.0 Å². The van der Waals surface area contributed by atoms with Crippen LogP contribution in [0.3, 0.4) is 0 Å². The molecule has 13 heteroatoms. The van der Waals surface area contributed by atoms with Gasteiger partial charge in [0, 0.05) is 51.1 Å². The highest BCUT2D eigenvalue weighted by atomic mass is 35.5. The fraction of sp³-hybridized carbons (Fsp3) is 0.556. The van der Waals surface area contributed by atoms with Gasteiger partial charge in [-0.1, -0.05) is 11.6 Å². The smallest absolute Gasteiger partial charge is 0.378 e. The van der Waals surface area contributed by atoms with Gasteiger partial charge in [-0.25, -0.2) is 18.4 Å². The van der Waals surface area contributed by atoms with E-state index in [4.69, 9.17) is 16.3 Å². The second kappa shape index (κ2) is 8.23. The molecule has 3 unspecified atom stereocenters. The van der Waals surface area contributed by atoms with Crippen LogP contribution in [0.25, 0.3) is 0 Å². The first-order chi connectivity index (χ1) is 14.6. The number of alkyl halides is 3. The van der Waals surface area contributed by atoms with Crippen molar-refractivity contribution in [3.05, 3.63) is 35.4 Å². The molecular weight excluding hydrogens is 459 g/mol. The Morgan fingerprint density at radius 2 is 2.06 bits per heavy atom. The van der Waals surface area contributed by atoms with E-state index in [1.165, 1.54) is 21.4 Å². The van der Waals surface area contributed by atoms with Gasteiger partial charge in [-0.3, -0.25) is 0 Å². The predicted molar refractivity (Wildman–Crippen MR) is 106 cm³/mol. The maximum absolute atomic E-state index is 13.2. The molecule has 2 aromatic heterocycles. The molecule has 0 aliphatic carbocycles. The molecule has 0 saturated carbocycles. The van der Waals surface area contributed by atoms with Gasteiger partial charge >= 0.3 is 6.18 Å². The Bertz CT molecular complexity index is 1060. The number of halogens is 4. The SMILES string of the molecule is Cn1cnc(S(=O)(=O)N2CC(Nc3cc(C(F)(F)F)c(Cl)cn3)C(C3CCCO3)C2)c1. The van der Waals surface area contributed by atoms with Gasteiger partial charge in [0.1, 0.15) is 5.82 Å². The van der Waals surface area contributed by atoms with Gasteiger partial charge in [0.15, 0.2) is 5.03 Å². The summed E-state index contributed by atoms with van der Waals surface area (Å²) in [6, 6.07) is 0.349. The van der Waals surface area contributed by atoms with Gasteiger partial charge in [-0.05, 0) is 18.9 Å². The largest absolute Gasteiger partial charge is 0.418 e. The molecule has 170 valence electrons. The molecule has 0 spiro atoms. The van der Waals surface area contributed by atoms with Crippen LogP contribution in [0.5, 0.6) is 0 Å². The molecule has 0 aromatic carbocycles. The van der Waals surface area contributed by atoms with Crippen LogP contribution in [0.1, 0.15) is 18.4 Å². The first-order valence-electron chi connectivity index (χ1n) is 9.64. The van der Waals surface area contributed by atoms with Crippen molar-refractivity contribution in [1.82, 2.24) is 18.8 Å². The number of hydrogen-bond acceptors (Lipinski definition) is 6. The number of aryl methyl sites for hydroxylation is 1. The first-order valence-corrected chi connectivity index (χ1v) is 11.5.